The van der Waals surface area contributed by atoms with Crippen molar-refractivity contribution in [3.05, 3.63) is 0 Å². The van der Waals surface area contributed by atoms with Crippen LogP contribution in [-0.2, 0) is 24.4 Å². The molecule has 0 saturated carbocycles. The third-order valence-corrected chi connectivity index (χ3v) is 3.64. The van der Waals surface area contributed by atoms with Crippen LogP contribution < -0.4 is 0 Å². The molecule has 18 heavy (non-hydrogen) atoms. The van der Waals surface area contributed by atoms with Crippen LogP contribution in [0.4, 0.5) is 0 Å². The van der Waals surface area contributed by atoms with Crippen LogP contribution in [0.3, 0.4) is 0 Å². The summed E-state index contributed by atoms with van der Waals surface area (Å²) in [6.07, 6.45) is 0. The highest BCUT2D eigenvalue weighted by Gasteiger charge is 2.46. The molecule has 0 aromatic carbocycles. The second kappa shape index (κ2) is 5.61. The average Bonchev–Trinajstić information content (AvgIpc) is 2.24. The molecular formula is C8H13NO8S. The van der Waals surface area contributed by atoms with E-state index >= 15 is 0 Å². The minimum absolute atomic E-state index is 0.0796. The van der Waals surface area contributed by atoms with Crippen LogP contribution in [0.25, 0.3) is 0 Å². The minimum Gasteiger partial charge on any atom is -0.480 e. The van der Waals surface area contributed by atoms with Crippen molar-refractivity contribution in [2.24, 2.45) is 0 Å². The summed E-state index contributed by atoms with van der Waals surface area (Å²) in [5.41, 5.74) is 0. The van der Waals surface area contributed by atoms with Crippen LogP contribution in [-0.4, -0.2) is 77.6 Å². The van der Waals surface area contributed by atoms with E-state index in [0.29, 0.717) is 0 Å². The Hall–Kier alpha value is -1.23. The Morgan fingerprint density at radius 2 is 1.61 bits per heavy atom. The van der Waals surface area contributed by atoms with Gasteiger partial charge in [-0.1, -0.05) is 0 Å². The van der Waals surface area contributed by atoms with Crippen molar-refractivity contribution in [3.8, 4) is 0 Å². The van der Waals surface area contributed by atoms with E-state index in [2.05, 4.69) is 0 Å². The zero-order valence-electron chi connectivity index (χ0n) is 9.22. The van der Waals surface area contributed by atoms with E-state index in [4.69, 9.17) is 19.5 Å². The van der Waals surface area contributed by atoms with Gasteiger partial charge in [0.05, 0.1) is 13.2 Å². The molecule has 0 aromatic heterocycles. The topological polar surface area (TPSA) is 141 Å². The second-order valence-electron chi connectivity index (χ2n) is 3.71. The Balaban J connectivity index is 3.08. The Labute approximate surface area is 103 Å². The SMILES string of the molecule is O=C(O)C(C(C(=O)O)S(=O)(=O)O)N1CCOCC1. The predicted octanol–water partition coefficient (Wildman–Crippen LogP) is -1.89. The van der Waals surface area contributed by atoms with Crippen molar-refractivity contribution in [1.29, 1.82) is 0 Å². The van der Waals surface area contributed by atoms with Gasteiger partial charge in [0.2, 0.25) is 5.25 Å². The fourth-order valence-corrected chi connectivity index (χ4v) is 2.63. The first-order valence-corrected chi connectivity index (χ1v) is 6.49. The summed E-state index contributed by atoms with van der Waals surface area (Å²) >= 11 is 0. The molecule has 9 nitrogen and oxygen atoms in total. The highest BCUT2D eigenvalue weighted by Crippen LogP contribution is 2.15. The van der Waals surface area contributed by atoms with Crippen molar-refractivity contribution < 1.29 is 37.5 Å². The van der Waals surface area contributed by atoms with Crippen LogP contribution in [0.1, 0.15) is 0 Å². The van der Waals surface area contributed by atoms with Crippen LogP contribution in [0, 0.1) is 0 Å². The summed E-state index contributed by atoms with van der Waals surface area (Å²) < 4.78 is 35.9. The number of carbonyl (C=O) groups is 2. The number of carboxylic acid groups (broad SMARTS) is 2. The van der Waals surface area contributed by atoms with Gasteiger partial charge in [-0.05, 0) is 0 Å². The summed E-state index contributed by atoms with van der Waals surface area (Å²) in [6.45, 7) is 0.496. The maximum absolute atomic E-state index is 11.1. The number of hydrogen-bond donors (Lipinski definition) is 3. The molecule has 0 aliphatic carbocycles. The Morgan fingerprint density at radius 1 is 1.11 bits per heavy atom. The quantitative estimate of drug-likeness (QED) is 0.494. The largest absolute Gasteiger partial charge is 0.480 e. The molecule has 1 aliphatic rings. The van der Waals surface area contributed by atoms with Crippen LogP contribution in [0.15, 0.2) is 0 Å². The number of morpholine rings is 1. The first-order valence-electron chi connectivity index (χ1n) is 4.99. The van der Waals surface area contributed by atoms with E-state index in [1.165, 1.54) is 0 Å². The number of rotatable bonds is 5. The molecule has 2 unspecified atom stereocenters. The number of nitrogens with zero attached hydrogens (tertiary/aromatic N) is 1. The van der Waals surface area contributed by atoms with Gasteiger partial charge in [-0.25, -0.2) is 0 Å². The number of aliphatic carboxylic acids is 2. The van der Waals surface area contributed by atoms with Gasteiger partial charge in [0, 0.05) is 13.1 Å². The van der Waals surface area contributed by atoms with Gasteiger partial charge in [-0.2, -0.15) is 8.42 Å². The van der Waals surface area contributed by atoms with Crippen LogP contribution in [0.2, 0.25) is 0 Å². The Morgan fingerprint density at radius 3 is 1.94 bits per heavy atom. The standard InChI is InChI=1S/C8H13NO8S/c10-7(11)5(9-1-3-17-4-2-9)6(8(12)13)18(14,15)16/h5-6H,1-4H2,(H,10,11)(H,12,13)(H,14,15,16). The first kappa shape index (κ1) is 14.8. The molecule has 2 atom stereocenters. The average molecular weight is 283 g/mol. The highest BCUT2D eigenvalue weighted by atomic mass is 32.2. The summed E-state index contributed by atoms with van der Waals surface area (Å²) in [5, 5.41) is 15.4. The molecule has 1 saturated heterocycles. The van der Waals surface area contributed by atoms with E-state index in [9.17, 15) is 18.0 Å². The lowest BCUT2D eigenvalue weighted by molar-refractivity contribution is -0.151. The lowest BCUT2D eigenvalue weighted by Crippen LogP contribution is -2.57. The molecule has 0 amide bonds. The molecule has 0 spiro atoms. The van der Waals surface area contributed by atoms with Crippen molar-refractivity contribution in [2.75, 3.05) is 26.3 Å². The van der Waals surface area contributed by atoms with Crippen LogP contribution >= 0.6 is 0 Å². The zero-order valence-corrected chi connectivity index (χ0v) is 10.0. The number of carboxylic acids is 2. The normalized spacial score (nSPS) is 21.2. The second-order valence-corrected chi connectivity index (χ2v) is 5.24. The molecule has 3 N–H and O–H groups in total. The monoisotopic (exact) mass is 283 g/mol. The summed E-state index contributed by atoms with van der Waals surface area (Å²) in [4.78, 5) is 23.1. The predicted molar refractivity (Wildman–Crippen MR) is 56.8 cm³/mol. The summed E-state index contributed by atoms with van der Waals surface area (Å²) in [5.74, 6) is -3.53. The molecule has 104 valence electrons. The van der Waals surface area contributed by atoms with E-state index in [-0.39, 0.29) is 26.3 Å². The van der Waals surface area contributed by atoms with E-state index in [1.807, 2.05) is 0 Å². The molecule has 0 bridgehead atoms. The molecular weight excluding hydrogens is 270 g/mol. The Kier molecular flexibility index (Phi) is 4.62. The van der Waals surface area contributed by atoms with Crippen molar-refractivity contribution >= 4 is 22.1 Å². The zero-order chi connectivity index (χ0) is 13.9. The molecule has 1 heterocycles. The lowest BCUT2D eigenvalue weighted by atomic mass is 10.1. The van der Waals surface area contributed by atoms with Gasteiger partial charge in [0.1, 0.15) is 6.04 Å². The molecule has 1 rings (SSSR count). The van der Waals surface area contributed by atoms with E-state index in [0.717, 1.165) is 4.90 Å². The molecule has 0 aromatic rings. The maximum Gasteiger partial charge on any atom is 0.326 e. The molecule has 10 heteroatoms. The van der Waals surface area contributed by atoms with Gasteiger partial charge in [-0.3, -0.25) is 19.0 Å². The smallest absolute Gasteiger partial charge is 0.326 e. The van der Waals surface area contributed by atoms with E-state index in [1.54, 1.807) is 0 Å². The first-order chi connectivity index (χ1) is 8.25. The third-order valence-electron chi connectivity index (χ3n) is 2.54. The fourth-order valence-electron chi connectivity index (χ4n) is 1.76. The minimum atomic E-state index is -5.02. The Bertz CT molecular complexity index is 426. The van der Waals surface area contributed by atoms with Gasteiger partial charge < -0.3 is 14.9 Å². The van der Waals surface area contributed by atoms with Gasteiger partial charge in [0.15, 0.2) is 0 Å². The number of ether oxygens (including phenoxy) is 1. The van der Waals surface area contributed by atoms with Gasteiger partial charge in [0.25, 0.3) is 10.1 Å². The van der Waals surface area contributed by atoms with Gasteiger partial charge >= 0.3 is 11.9 Å². The molecule has 0 radical (unpaired) electrons. The fraction of sp³-hybridized carbons (Fsp3) is 0.750. The maximum atomic E-state index is 11.1. The van der Waals surface area contributed by atoms with Crippen LogP contribution in [0.5, 0.6) is 0 Å². The summed E-state index contributed by atoms with van der Waals surface area (Å²) in [7, 11) is -5.02. The lowest BCUT2D eigenvalue weighted by Gasteiger charge is -2.33. The number of hydrogen-bond acceptors (Lipinski definition) is 6. The summed E-state index contributed by atoms with van der Waals surface area (Å²) in [6, 6.07) is -1.85. The van der Waals surface area contributed by atoms with Crippen molar-refractivity contribution in [3.63, 3.8) is 0 Å². The van der Waals surface area contributed by atoms with E-state index < -0.39 is 33.3 Å². The van der Waals surface area contributed by atoms with Crippen molar-refractivity contribution in [1.82, 2.24) is 4.90 Å². The molecule has 1 fully saturated rings. The molecule has 1 aliphatic heterocycles. The third kappa shape index (κ3) is 3.38. The van der Waals surface area contributed by atoms with Gasteiger partial charge in [-0.15, -0.1) is 0 Å². The van der Waals surface area contributed by atoms with Crippen molar-refractivity contribution in [2.45, 2.75) is 11.3 Å². The highest BCUT2D eigenvalue weighted by molar-refractivity contribution is 7.87.